The molecule has 1 aromatic carbocycles. The molecule has 1 aliphatic carbocycles. The van der Waals surface area contributed by atoms with Crippen LogP contribution in [0, 0.1) is 0 Å². The van der Waals surface area contributed by atoms with Gasteiger partial charge in [-0.25, -0.2) is 0 Å². The Morgan fingerprint density at radius 3 is 2.29 bits per heavy atom. The van der Waals surface area contributed by atoms with Gasteiger partial charge < -0.3 is 10.1 Å². The fraction of sp³-hybridized carbons (Fsp3) is 0.368. The molecular weight excluding hydrogens is 370 g/mol. The topological polar surface area (TPSA) is 55.4 Å². The minimum absolute atomic E-state index is 0.0855. The maximum Gasteiger partial charge on any atom is 0.253 e. The highest BCUT2D eigenvalue weighted by Crippen LogP contribution is 2.31. The average Bonchev–Trinajstić information content (AvgIpc) is 2.53. The second kappa shape index (κ2) is 7.90. The van der Waals surface area contributed by atoms with Crippen molar-refractivity contribution in [2.45, 2.75) is 39.3 Å². The Bertz CT molecular complexity index is 667. The molecule has 0 spiro atoms. The quantitative estimate of drug-likeness (QED) is 0.584. The Labute approximate surface area is 151 Å². The minimum atomic E-state index is -1.06. The minimum Gasteiger partial charge on any atom is -0.348 e. The number of hydrogen-bond acceptors (Lipinski definition) is 3. The molecule has 0 heterocycles. The van der Waals surface area contributed by atoms with Crippen molar-refractivity contribution in [3.8, 4) is 0 Å². The Morgan fingerprint density at radius 2 is 1.75 bits per heavy atom. The SMILES string of the molecule is CCCCOC1(NC(=O)c2ccc(Br)cc2)C(C)=CC(=O)C=C1C. The monoisotopic (exact) mass is 391 g/mol. The molecule has 0 saturated heterocycles. The van der Waals surface area contributed by atoms with Gasteiger partial charge in [-0.15, -0.1) is 0 Å². The molecule has 2 rings (SSSR count). The van der Waals surface area contributed by atoms with Gasteiger partial charge in [0.2, 0.25) is 0 Å². The molecule has 0 radical (unpaired) electrons. The van der Waals surface area contributed by atoms with Crippen LogP contribution in [0.1, 0.15) is 44.0 Å². The van der Waals surface area contributed by atoms with E-state index in [1.807, 2.05) is 26.0 Å². The molecule has 128 valence electrons. The highest BCUT2D eigenvalue weighted by atomic mass is 79.9. The number of amides is 1. The summed E-state index contributed by atoms with van der Waals surface area (Å²) in [5.74, 6) is -0.327. The van der Waals surface area contributed by atoms with Gasteiger partial charge in [0.05, 0.1) is 6.61 Å². The van der Waals surface area contributed by atoms with Crippen molar-refractivity contribution >= 4 is 27.6 Å². The first kappa shape index (κ1) is 18.6. The molecule has 1 N–H and O–H groups in total. The van der Waals surface area contributed by atoms with E-state index in [0.717, 1.165) is 17.3 Å². The zero-order chi connectivity index (χ0) is 17.7. The zero-order valence-corrected chi connectivity index (χ0v) is 15.8. The Kier molecular flexibility index (Phi) is 6.13. The van der Waals surface area contributed by atoms with Crippen molar-refractivity contribution < 1.29 is 14.3 Å². The van der Waals surface area contributed by atoms with Crippen LogP contribution in [0.15, 0.2) is 52.0 Å². The lowest BCUT2D eigenvalue weighted by Crippen LogP contribution is -2.54. The third kappa shape index (κ3) is 4.02. The molecule has 24 heavy (non-hydrogen) atoms. The van der Waals surface area contributed by atoms with Gasteiger partial charge in [-0.05, 0) is 67.8 Å². The largest absolute Gasteiger partial charge is 0.348 e. The van der Waals surface area contributed by atoms with Crippen molar-refractivity contribution in [3.05, 3.63) is 57.6 Å². The number of carbonyl (C=O) groups is 2. The number of hydrogen-bond donors (Lipinski definition) is 1. The van der Waals surface area contributed by atoms with Gasteiger partial charge in [0.15, 0.2) is 11.5 Å². The summed E-state index contributed by atoms with van der Waals surface area (Å²) in [7, 11) is 0. The van der Waals surface area contributed by atoms with Gasteiger partial charge in [-0.1, -0.05) is 29.3 Å². The summed E-state index contributed by atoms with van der Waals surface area (Å²) in [4.78, 5) is 24.5. The third-order valence-electron chi connectivity index (χ3n) is 4.04. The van der Waals surface area contributed by atoms with Gasteiger partial charge in [0.25, 0.3) is 5.91 Å². The number of allylic oxidation sites excluding steroid dienone is 2. The van der Waals surface area contributed by atoms with E-state index in [1.54, 1.807) is 12.1 Å². The Balaban J connectivity index is 2.31. The lowest BCUT2D eigenvalue weighted by Gasteiger charge is -2.38. The summed E-state index contributed by atoms with van der Waals surface area (Å²) in [5, 5.41) is 2.98. The van der Waals surface area contributed by atoms with Gasteiger partial charge in [-0.2, -0.15) is 0 Å². The molecule has 1 aliphatic rings. The summed E-state index contributed by atoms with van der Waals surface area (Å²) in [6.07, 6.45) is 4.90. The molecular formula is C19H22BrNO3. The van der Waals surface area contributed by atoms with E-state index in [2.05, 4.69) is 28.2 Å². The number of rotatable bonds is 6. The molecule has 5 heteroatoms. The predicted molar refractivity (Wildman–Crippen MR) is 97.7 cm³/mol. The number of nitrogens with one attached hydrogen (secondary N) is 1. The van der Waals surface area contributed by atoms with Crippen molar-refractivity contribution in [1.29, 1.82) is 0 Å². The highest BCUT2D eigenvalue weighted by molar-refractivity contribution is 9.10. The van der Waals surface area contributed by atoms with Crippen LogP contribution in [0.5, 0.6) is 0 Å². The second-order valence-corrected chi connectivity index (χ2v) is 6.82. The third-order valence-corrected chi connectivity index (χ3v) is 4.57. The molecule has 4 nitrogen and oxygen atoms in total. The molecule has 0 aliphatic heterocycles. The summed E-state index contributed by atoms with van der Waals surface area (Å²) in [5.41, 5.74) is 0.852. The normalized spacial score (nSPS) is 16.4. The van der Waals surface area contributed by atoms with E-state index in [-0.39, 0.29) is 11.7 Å². The molecule has 1 amide bonds. The fourth-order valence-electron chi connectivity index (χ4n) is 2.65. The molecule has 0 saturated carbocycles. The summed E-state index contributed by atoms with van der Waals surface area (Å²) < 4.78 is 6.98. The zero-order valence-electron chi connectivity index (χ0n) is 14.2. The predicted octanol–water partition coefficient (Wildman–Crippen LogP) is 4.17. The fourth-order valence-corrected chi connectivity index (χ4v) is 2.91. The van der Waals surface area contributed by atoms with Crippen LogP contribution in [-0.2, 0) is 9.53 Å². The molecule has 0 fully saturated rings. The van der Waals surface area contributed by atoms with Crippen LogP contribution >= 0.6 is 15.9 Å². The first-order chi connectivity index (χ1) is 11.4. The number of unbranched alkanes of at least 4 members (excludes halogenated alkanes) is 1. The number of benzene rings is 1. The molecule has 0 atom stereocenters. The van der Waals surface area contributed by atoms with E-state index >= 15 is 0 Å². The van der Waals surface area contributed by atoms with Crippen LogP contribution in [0.2, 0.25) is 0 Å². The van der Waals surface area contributed by atoms with Crippen molar-refractivity contribution in [3.63, 3.8) is 0 Å². The maximum absolute atomic E-state index is 12.7. The number of carbonyl (C=O) groups excluding carboxylic acids is 2. The van der Waals surface area contributed by atoms with Crippen LogP contribution in [-0.4, -0.2) is 24.0 Å². The summed E-state index contributed by atoms with van der Waals surface area (Å²) in [6.45, 7) is 6.19. The molecule has 1 aromatic rings. The molecule has 0 unspecified atom stereocenters. The molecule has 0 aromatic heterocycles. The van der Waals surface area contributed by atoms with E-state index in [1.165, 1.54) is 12.2 Å². The van der Waals surface area contributed by atoms with Crippen molar-refractivity contribution in [2.24, 2.45) is 0 Å². The number of halogens is 1. The number of ketones is 1. The van der Waals surface area contributed by atoms with E-state index < -0.39 is 5.72 Å². The van der Waals surface area contributed by atoms with Crippen LogP contribution in [0.25, 0.3) is 0 Å². The van der Waals surface area contributed by atoms with Gasteiger partial charge in [-0.3, -0.25) is 9.59 Å². The number of ether oxygens (including phenoxy) is 1. The molecule has 0 bridgehead atoms. The lowest BCUT2D eigenvalue weighted by molar-refractivity contribution is -0.111. The van der Waals surface area contributed by atoms with Crippen molar-refractivity contribution in [2.75, 3.05) is 6.61 Å². The van der Waals surface area contributed by atoms with Crippen LogP contribution in [0.3, 0.4) is 0 Å². The van der Waals surface area contributed by atoms with Gasteiger partial charge in [0, 0.05) is 10.0 Å². The Hall–Kier alpha value is -1.72. The van der Waals surface area contributed by atoms with Crippen LogP contribution < -0.4 is 5.32 Å². The maximum atomic E-state index is 12.7. The smallest absolute Gasteiger partial charge is 0.253 e. The summed E-state index contributed by atoms with van der Waals surface area (Å²) >= 11 is 3.36. The lowest BCUT2D eigenvalue weighted by atomic mass is 9.89. The van der Waals surface area contributed by atoms with E-state index in [0.29, 0.717) is 23.3 Å². The first-order valence-electron chi connectivity index (χ1n) is 8.02. The van der Waals surface area contributed by atoms with Crippen LogP contribution in [0.4, 0.5) is 0 Å². The van der Waals surface area contributed by atoms with E-state index in [9.17, 15) is 9.59 Å². The van der Waals surface area contributed by atoms with Crippen molar-refractivity contribution in [1.82, 2.24) is 5.32 Å². The highest BCUT2D eigenvalue weighted by Gasteiger charge is 2.39. The second-order valence-electron chi connectivity index (χ2n) is 5.90. The average molecular weight is 392 g/mol. The standard InChI is InChI=1S/C19H22BrNO3/c1-4-5-10-24-19(13(2)11-17(22)12-14(19)3)21-18(23)15-6-8-16(20)9-7-15/h6-9,11-12H,4-5,10H2,1-3H3,(H,21,23). The van der Waals surface area contributed by atoms with E-state index in [4.69, 9.17) is 4.74 Å². The first-order valence-corrected chi connectivity index (χ1v) is 8.82. The summed E-state index contributed by atoms with van der Waals surface area (Å²) in [6, 6.07) is 7.11. The Morgan fingerprint density at radius 1 is 1.17 bits per heavy atom. The van der Waals surface area contributed by atoms with Gasteiger partial charge >= 0.3 is 0 Å². The van der Waals surface area contributed by atoms with Gasteiger partial charge in [0.1, 0.15) is 0 Å².